The van der Waals surface area contributed by atoms with Crippen LogP contribution in [0.5, 0.6) is 5.75 Å². The molecule has 4 N–H and O–H groups in total. The Balaban J connectivity index is 2.30. The Bertz CT molecular complexity index is 624. The molecule has 1 aromatic rings. The van der Waals surface area contributed by atoms with E-state index in [2.05, 4.69) is 4.18 Å². The van der Waals surface area contributed by atoms with Crippen molar-refractivity contribution in [3.8, 4) is 5.75 Å². The van der Waals surface area contributed by atoms with Gasteiger partial charge < -0.3 is 19.8 Å². The zero-order chi connectivity index (χ0) is 14.9. The van der Waals surface area contributed by atoms with Gasteiger partial charge in [0.25, 0.3) is 0 Å². The first-order valence-electron chi connectivity index (χ1n) is 5.66. The van der Waals surface area contributed by atoms with Crippen LogP contribution in [0.25, 0.3) is 0 Å². The van der Waals surface area contributed by atoms with Crippen LogP contribution in [0.1, 0.15) is 29.7 Å². The summed E-state index contributed by atoms with van der Waals surface area (Å²) in [5.41, 5.74) is 6.65. The lowest BCUT2D eigenvalue weighted by Crippen LogP contribution is -2.15. The molecule has 2 rings (SSSR count). The van der Waals surface area contributed by atoms with Crippen molar-refractivity contribution in [1.29, 1.82) is 0 Å². The predicted octanol–water partition coefficient (Wildman–Crippen LogP) is 0.414. The summed E-state index contributed by atoms with van der Waals surface area (Å²) in [7, 11) is -4.64. The quantitative estimate of drug-likeness (QED) is 0.507. The van der Waals surface area contributed by atoms with Crippen LogP contribution < -0.4 is 9.92 Å². The number of nitrogens with two attached hydrogens (primary N) is 1. The Labute approximate surface area is 115 Å². The fourth-order valence-corrected chi connectivity index (χ4v) is 2.15. The van der Waals surface area contributed by atoms with Gasteiger partial charge in [0.1, 0.15) is 6.10 Å². The first kappa shape index (κ1) is 14.7. The second-order valence-electron chi connectivity index (χ2n) is 4.33. The van der Waals surface area contributed by atoms with Crippen LogP contribution in [0.2, 0.25) is 0 Å². The minimum Gasteiger partial charge on any atom is -0.481 e. The standard InChI is InChI=1S/C11H13NO7S/c12-8(4-11(13)14)6-1-2-9(19-20(15,16)17)7(3-6)10-5-18-10/h1-3,8,10H,4-5,12H2,(H,13,14)(H,15,16,17). The van der Waals surface area contributed by atoms with Gasteiger partial charge in [-0.3, -0.25) is 9.35 Å². The third kappa shape index (κ3) is 3.90. The van der Waals surface area contributed by atoms with E-state index in [0.717, 1.165) is 0 Å². The lowest BCUT2D eigenvalue weighted by atomic mass is 10.0. The summed E-state index contributed by atoms with van der Waals surface area (Å²) < 4.78 is 39.7. The van der Waals surface area contributed by atoms with Gasteiger partial charge in [0.2, 0.25) is 0 Å². The smallest absolute Gasteiger partial charge is 0.446 e. The molecule has 1 aliphatic rings. The van der Waals surface area contributed by atoms with Gasteiger partial charge in [-0.05, 0) is 17.7 Å². The first-order valence-corrected chi connectivity index (χ1v) is 7.02. The summed E-state index contributed by atoms with van der Waals surface area (Å²) in [4.78, 5) is 10.6. The number of carbonyl (C=O) groups is 1. The van der Waals surface area contributed by atoms with Crippen LogP contribution in [0.4, 0.5) is 0 Å². The van der Waals surface area contributed by atoms with E-state index in [1.807, 2.05) is 0 Å². The molecule has 0 bridgehead atoms. The minimum atomic E-state index is -4.64. The lowest BCUT2D eigenvalue weighted by Gasteiger charge is -2.13. The maximum absolute atomic E-state index is 10.8. The van der Waals surface area contributed by atoms with Gasteiger partial charge in [0.05, 0.1) is 13.0 Å². The summed E-state index contributed by atoms with van der Waals surface area (Å²) in [5, 5.41) is 8.70. The van der Waals surface area contributed by atoms with Crippen molar-refractivity contribution in [2.75, 3.05) is 6.61 Å². The highest BCUT2D eigenvalue weighted by Crippen LogP contribution is 2.38. The molecule has 1 fully saturated rings. The monoisotopic (exact) mass is 303 g/mol. The zero-order valence-electron chi connectivity index (χ0n) is 10.2. The third-order valence-corrected chi connectivity index (χ3v) is 3.12. The van der Waals surface area contributed by atoms with Crippen molar-refractivity contribution < 1.29 is 31.8 Å². The normalized spacial score (nSPS) is 19.4. The van der Waals surface area contributed by atoms with Gasteiger partial charge in [0, 0.05) is 11.6 Å². The average molecular weight is 303 g/mol. The molecule has 0 spiro atoms. The third-order valence-electron chi connectivity index (χ3n) is 2.73. The number of ether oxygens (including phenoxy) is 1. The van der Waals surface area contributed by atoms with E-state index in [9.17, 15) is 13.2 Å². The number of rotatable bonds is 6. The predicted molar refractivity (Wildman–Crippen MR) is 66.5 cm³/mol. The first-order chi connectivity index (χ1) is 9.26. The molecule has 2 unspecified atom stereocenters. The molecule has 110 valence electrons. The number of hydrogen-bond acceptors (Lipinski definition) is 6. The average Bonchev–Trinajstić information content (AvgIpc) is 3.10. The topological polar surface area (TPSA) is 139 Å². The number of benzene rings is 1. The van der Waals surface area contributed by atoms with Crippen LogP contribution >= 0.6 is 0 Å². The van der Waals surface area contributed by atoms with E-state index in [0.29, 0.717) is 17.7 Å². The van der Waals surface area contributed by atoms with Gasteiger partial charge in [-0.15, -0.1) is 0 Å². The molecule has 9 heteroatoms. The van der Waals surface area contributed by atoms with E-state index in [-0.39, 0.29) is 18.3 Å². The van der Waals surface area contributed by atoms with Crippen molar-refractivity contribution in [3.63, 3.8) is 0 Å². The SMILES string of the molecule is NC(CC(=O)O)c1ccc(OS(=O)(=O)O)c(C2CO2)c1. The highest BCUT2D eigenvalue weighted by Gasteiger charge is 2.30. The van der Waals surface area contributed by atoms with Gasteiger partial charge >= 0.3 is 16.4 Å². The Kier molecular flexibility index (Phi) is 3.95. The number of hydrogen-bond donors (Lipinski definition) is 3. The summed E-state index contributed by atoms with van der Waals surface area (Å²) in [6, 6.07) is 3.54. The van der Waals surface area contributed by atoms with Crippen LogP contribution in [-0.2, 0) is 19.9 Å². The zero-order valence-corrected chi connectivity index (χ0v) is 11.0. The molecule has 0 saturated carbocycles. The molecule has 20 heavy (non-hydrogen) atoms. The van der Waals surface area contributed by atoms with E-state index in [1.165, 1.54) is 18.2 Å². The fourth-order valence-electron chi connectivity index (χ4n) is 1.77. The van der Waals surface area contributed by atoms with Crippen molar-refractivity contribution in [3.05, 3.63) is 29.3 Å². The second-order valence-corrected chi connectivity index (χ2v) is 5.36. The van der Waals surface area contributed by atoms with Crippen LogP contribution in [-0.4, -0.2) is 30.7 Å². The van der Waals surface area contributed by atoms with E-state index in [1.54, 1.807) is 0 Å². The van der Waals surface area contributed by atoms with Gasteiger partial charge in [0.15, 0.2) is 5.75 Å². The molecular weight excluding hydrogens is 290 g/mol. The number of epoxide rings is 1. The summed E-state index contributed by atoms with van der Waals surface area (Å²) in [6.45, 7) is 0.388. The molecule has 0 amide bonds. The molecule has 8 nitrogen and oxygen atoms in total. The minimum absolute atomic E-state index is 0.0683. The maximum atomic E-state index is 10.8. The number of aliphatic carboxylic acids is 1. The Hall–Kier alpha value is -1.68. The molecule has 1 aromatic carbocycles. The Morgan fingerprint density at radius 1 is 1.55 bits per heavy atom. The van der Waals surface area contributed by atoms with Crippen LogP contribution in [0.15, 0.2) is 18.2 Å². The largest absolute Gasteiger partial charge is 0.481 e. The van der Waals surface area contributed by atoms with Crippen molar-refractivity contribution in [2.24, 2.45) is 5.73 Å². The molecule has 1 aliphatic heterocycles. The summed E-state index contributed by atoms with van der Waals surface area (Å²) in [6.07, 6.45) is -0.604. The lowest BCUT2D eigenvalue weighted by molar-refractivity contribution is -0.137. The van der Waals surface area contributed by atoms with Crippen LogP contribution in [0, 0.1) is 0 Å². The van der Waals surface area contributed by atoms with E-state index < -0.39 is 22.4 Å². The Morgan fingerprint density at radius 2 is 2.20 bits per heavy atom. The fraction of sp³-hybridized carbons (Fsp3) is 0.364. The molecule has 0 aliphatic carbocycles. The Morgan fingerprint density at radius 3 is 2.70 bits per heavy atom. The van der Waals surface area contributed by atoms with Crippen molar-refractivity contribution >= 4 is 16.4 Å². The molecule has 2 atom stereocenters. The van der Waals surface area contributed by atoms with Gasteiger partial charge in [-0.1, -0.05) is 6.07 Å². The molecule has 0 aromatic heterocycles. The van der Waals surface area contributed by atoms with Crippen LogP contribution in [0.3, 0.4) is 0 Å². The molecular formula is C11H13NO7S. The highest BCUT2D eigenvalue weighted by atomic mass is 32.3. The van der Waals surface area contributed by atoms with E-state index >= 15 is 0 Å². The van der Waals surface area contributed by atoms with Gasteiger partial charge in [-0.25, -0.2) is 0 Å². The second kappa shape index (κ2) is 5.37. The molecule has 1 heterocycles. The van der Waals surface area contributed by atoms with Crippen molar-refractivity contribution in [2.45, 2.75) is 18.6 Å². The van der Waals surface area contributed by atoms with E-state index in [4.69, 9.17) is 20.1 Å². The summed E-state index contributed by atoms with van der Waals surface area (Å²) >= 11 is 0. The molecule has 0 radical (unpaired) electrons. The summed E-state index contributed by atoms with van der Waals surface area (Å²) in [5.74, 6) is -1.11. The number of carboxylic acid groups (broad SMARTS) is 1. The van der Waals surface area contributed by atoms with Crippen molar-refractivity contribution in [1.82, 2.24) is 0 Å². The molecule has 1 saturated heterocycles. The number of carboxylic acids is 1. The highest BCUT2D eigenvalue weighted by molar-refractivity contribution is 7.81. The maximum Gasteiger partial charge on any atom is 0.446 e. The van der Waals surface area contributed by atoms with Gasteiger partial charge in [-0.2, -0.15) is 8.42 Å².